The first kappa shape index (κ1) is 19.0. The summed E-state index contributed by atoms with van der Waals surface area (Å²) in [5.41, 5.74) is 0.724. The fourth-order valence-corrected chi connectivity index (χ4v) is 3.83. The van der Waals surface area contributed by atoms with Gasteiger partial charge in [0, 0.05) is 43.4 Å². The molecular weight excluding hydrogens is 352 g/mol. The molecule has 3 amide bonds. The Morgan fingerprint density at radius 1 is 1.00 bits per heavy atom. The van der Waals surface area contributed by atoms with Crippen LogP contribution in [-0.2, 0) is 4.79 Å². The molecule has 6 nitrogen and oxygen atoms in total. The van der Waals surface area contributed by atoms with Gasteiger partial charge >= 0.3 is 6.03 Å². The van der Waals surface area contributed by atoms with Gasteiger partial charge in [0.1, 0.15) is 0 Å². The van der Waals surface area contributed by atoms with Crippen molar-refractivity contribution in [3.63, 3.8) is 0 Å². The summed E-state index contributed by atoms with van der Waals surface area (Å²) in [6.45, 7) is 4.47. The van der Waals surface area contributed by atoms with Gasteiger partial charge < -0.3 is 20.0 Å². The Morgan fingerprint density at radius 2 is 1.69 bits per heavy atom. The SMILES string of the molecule is CN1CCCC(C(=O)N2CCCN(C(=O)Nc3ccc(Cl)cc3)CC2)C1. The molecule has 2 heterocycles. The van der Waals surface area contributed by atoms with Gasteiger partial charge in [-0.3, -0.25) is 4.79 Å². The number of nitrogens with one attached hydrogen (secondary N) is 1. The lowest BCUT2D eigenvalue weighted by Crippen LogP contribution is -2.45. The fourth-order valence-electron chi connectivity index (χ4n) is 3.70. The molecule has 0 bridgehead atoms. The maximum atomic E-state index is 12.8. The average Bonchev–Trinajstić information content (AvgIpc) is 2.89. The van der Waals surface area contributed by atoms with Crippen molar-refractivity contribution in [3.05, 3.63) is 29.3 Å². The van der Waals surface area contributed by atoms with Crippen LogP contribution >= 0.6 is 11.6 Å². The fraction of sp³-hybridized carbons (Fsp3) is 0.579. The Hall–Kier alpha value is -1.79. The lowest BCUT2D eigenvalue weighted by Gasteiger charge is -2.32. The highest BCUT2D eigenvalue weighted by Gasteiger charge is 2.29. The van der Waals surface area contributed by atoms with Gasteiger partial charge in [-0.2, -0.15) is 0 Å². The number of nitrogens with zero attached hydrogens (tertiary/aromatic N) is 3. The van der Waals surface area contributed by atoms with Crippen molar-refractivity contribution >= 4 is 29.2 Å². The predicted octanol–water partition coefficient (Wildman–Crippen LogP) is 2.75. The van der Waals surface area contributed by atoms with Gasteiger partial charge in [0.2, 0.25) is 5.91 Å². The predicted molar refractivity (Wildman–Crippen MR) is 103 cm³/mol. The van der Waals surface area contributed by atoms with E-state index in [1.165, 1.54) is 0 Å². The zero-order valence-corrected chi connectivity index (χ0v) is 16.0. The van der Waals surface area contributed by atoms with E-state index >= 15 is 0 Å². The van der Waals surface area contributed by atoms with E-state index in [9.17, 15) is 9.59 Å². The third-order valence-electron chi connectivity index (χ3n) is 5.16. The highest BCUT2D eigenvalue weighted by Crippen LogP contribution is 2.19. The van der Waals surface area contributed by atoms with Crippen LogP contribution in [0.2, 0.25) is 5.02 Å². The Bertz CT molecular complexity index is 637. The molecule has 0 saturated carbocycles. The van der Waals surface area contributed by atoms with Crippen molar-refractivity contribution in [2.75, 3.05) is 51.6 Å². The third-order valence-corrected chi connectivity index (χ3v) is 5.42. The molecule has 1 aromatic rings. The average molecular weight is 379 g/mol. The molecule has 0 spiro atoms. The maximum absolute atomic E-state index is 12.8. The van der Waals surface area contributed by atoms with E-state index in [0.29, 0.717) is 24.7 Å². The lowest BCUT2D eigenvalue weighted by atomic mass is 9.97. The summed E-state index contributed by atoms with van der Waals surface area (Å²) in [5.74, 6) is 0.347. The topological polar surface area (TPSA) is 55.9 Å². The molecule has 1 N–H and O–H groups in total. The molecule has 3 rings (SSSR count). The van der Waals surface area contributed by atoms with Gasteiger partial charge in [0.25, 0.3) is 0 Å². The molecule has 0 aromatic heterocycles. The minimum absolute atomic E-state index is 0.100. The first-order valence-electron chi connectivity index (χ1n) is 9.32. The Kier molecular flexibility index (Phi) is 6.38. The Labute approximate surface area is 160 Å². The number of hydrogen-bond donors (Lipinski definition) is 1. The Balaban J connectivity index is 1.53. The van der Waals surface area contributed by atoms with E-state index < -0.39 is 0 Å². The quantitative estimate of drug-likeness (QED) is 0.860. The van der Waals surface area contributed by atoms with Crippen LogP contribution in [0.1, 0.15) is 19.3 Å². The van der Waals surface area contributed by atoms with Crippen molar-refractivity contribution in [2.24, 2.45) is 5.92 Å². The number of carbonyl (C=O) groups excluding carboxylic acids is 2. The van der Waals surface area contributed by atoms with Crippen molar-refractivity contribution < 1.29 is 9.59 Å². The standard InChI is InChI=1S/C19H27ClN4O2/c1-22-9-2-4-15(14-22)18(25)23-10-3-11-24(13-12-23)19(26)21-17-7-5-16(20)6-8-17/h5-8,15H,2-4,9-14H2,1H3,(H,21,26). The Morgan fingerprint density at radius 3 is 2.42 bits per heavy atom. The molecule has 1 unspecified atom stereocenters. The van der Waals surface area contributed by atoms with E-state index in [4.69, 9.17) is 11.6 Å². The number of carbonyl (C=O) groups is 2. The van der Waals surface area contributed by atoms with Crippen molar-refractivity contribution in [1.82, 2.24) is 14.7 Å². The molecule has 2 aliphatic rings. The van der Waals surface area contributed by atoms with E-state index in [1.807, 2.05) is 4.90 Å². The second-order valence-corrected chi connectivity index (χ2v) is 7.64. The molecule has 0 aliphatic carbocycles. The van der Waals surface area contributed by atoms with Gasteiger partial charge in [-0.15, -0.1) is 0 Å². The van der Waals surface area contributed by atoms with Crippen LogP contribution in [0.25, 0.3) is 0 Å². The van der Waals surface area contributed by atoms with Crippen LogP contribution in [0.3, 0.4) is 0 Å². The summed E-state index contributed by atoms with van der Waals surface area (Å²) in [6, 6.07) is 6.95. The molecule has 2 saturated heterocycles. The van der Waals surface area contributed by atoms with Crippen LogP contribution in [-0.4, -0.2) is 73.0 Å². The number of hydrogen-bond acceptors (Lipinski definition) is 3. The van der Waals surface area contributed by atoms with Gasteiger partial charge in [-0.05, 0) is 57.1 Å². The number of likely N-dealkylation sites (tertiary alicyclic amines) is 1. The smallest absolute Gasteiger partial charge is 0.321 e. The van der Waals surface area contributed by atoms with E-state index in [0.717, 1.165) is 44.6 Å². The van der Waals surface area contributed by atoms with Gasteiger partial charge in [-0.25, -0.2) is 4.79 Å². The number of urea groups is 1. The highest BCUT2D eigenvalue weighted by atomic mass is 35.5. The lowest BCUT2D eigenvalue weighted by molar-refractivity contribution is -0.137. The minimum Gasteiger partial charge on any atom is -0.341 e. The van der Waals surface area contributed by atoms with Crippen molar-refractivity contribution in [1.29, 1.82) is 0 Å². The molecule has 2 fully saturated rings. The summed E-state index contributed by atoms with van der Waals surface area (Å²) in [5, 5.41) is 3.54. The number of anilines is 1. The third kappa shape index (κ3) is 4.89. The largest absolute Gasteiger partial charge is 0.341 e. The molecule has 26 heavy (non-hydrogen) atoms. The first-order valence-corrected chi connectivity index (χ1v) is 9.69. The van der Waals surface area contributed by atoms with Crippen LogP contribution in [0.15, 0.2) is 24.3 Å². The second-order valence-electron chi connectivity index (χ2n) is 7.20. The molecule has 1 atom stereocenters. The molecule has 7 heteroatoms. The second kappa shape index (κ2) is 8.73. The summed E-state index contributed by atoms with van der Waals surface area (Å²) >= 11 is 5.87. The van der Waals surface area contributed by atoms with Crippen molar-refractivity contribution in [2.45, 2.75) is 19.3 Å². The number of rotatable bonds is 2. The number of piperidine rings is 1. The van der Waals surface area contributed by atoms with E-state index in [2.05, 4.69) is 17.3 Å². The summed E-state index contributed by atoms with van der Waals surface area (Å²) in [6.07, 6.45) is 2.86. The van der Waals surface area contributed by atoms with Crippen LogP contribution in [0.5, 0.6) is 0 Å². The summed E-state index contributed by atoms with van der Waals surface area (Å²) in [7, 11) is 2.07. The van der Waals surface area contributed by atoms with Crippen LogP contribution in [0, 0.1) is 5.92 Å². The van der Waals surface area contributed by atoms with Crippen LogP contribution < -0.4 is 5.32 Å². The number of benzene rings is 1. The molecule has 1 aromatic carbocycles. The van der Waals surface area contributed by atoms with Gasteiger partial charge in [-0.1, -0.05) is 11.6 Å². The van der Waals surface area contributed by atoms with E-state index in [-0.39, 0.29) is 17.9 Å². The summed E-state index contributed by atoms with van der Waals surface area (Å²) < 4.78 is 0. The monoisotopic (exact) mass is 378 g/mol. The molecule has 0 radical (unpaired) electrons. The van der Waals surface area contributed by atoms with Crippen LogP contribution in [0.4, 0.5) is 10.5 Å². The van der Waals surface area contributed by atoms with Gasteiger partial charge in [0.15, 0.2) is 0 Å². The zero-order chi connectivity index (χ0) is 18.5. The normalized spacial score (nSPS) is 22.0. The van der Waals surface area contributed by atoms with Gasteiger partial charge in [0.05, 0.1) is 5.92 Å². The zero-order valence-electron chi connectivity index (χ0n) is 15.3. The highest BCUT2D eigenvalue weighted by molar-refractivity contribution is 6.30. The van der Waals surface area contributed by atoms with Crippen molar-refractivity contribution in [3.8, 4) is 0 Å². The molecular formula is C19H27ClN4O2. The summed E-state index contributed by atoms with van der Waals surface area (Å²) in [4.78, 5) is 31.3. The minimum atomic E-state index is -0.126. The van der Waals surface area contributed by atoms with E-state index in [1.54, 1.807) is 29.2 Å². The molecule has 142 valence electrons. The first-order chi connectivity index (χ1) is 12.5. The molecule has 2 aliphatic heterocycles. The maximum Gasteiger partial charge on any atom is 0.321 e. The number of amides is 3. The number of halogens is 1.